The first-order valence-corrected chi connectivity index (χ1v) is 11.6. The van der Waals surface area contributed by atoms with Gasteiger partial charge in [-0.3, -0.25) is 24.6 Å². The molecular weight excluding hydrogens is 442 g/mol. The zero-order chi connectivity index (χ0) is 23.5. The molecule has 2 aromatic carbocycles. The van der Waals surface area contributed by atoms with Crippen molar-refractivity contribution in [1.29, 1.82) is 0 Å². The van der Waals surface area contributed by atoms with Crippen LogP contribution in [0.4, 0.5) is 16.5 Å². The van der Waals surface area contributed by atoms with E-state index in [-0.39, 0.29) is 30.0 Å². The lowest BCUT2D eigenvalue weighted by molar-refractivity contribution is -0.384. The van der Waals surface area contributed by atoms with Gasteiger partial charge in [-0.25, -0.2) is 4.98 Å². The molecule has 33 heavy (non-hydrogen) atoms. The van der Waals surface area contributed by atoms with Gasteiger partial charge in [-0.15, -0.1) is 0 Å². The number of thiazole rings is 1. The smallest absolute Gasteiger partial charge is 0.270 e. The van der Waals surface area contributed by atoms with Crippen LogP contribution in [0, 0.1) is 29.9 Å². The van der Waals surface area contributed by atoms with E-state index < -0.39 is 4.92 Å². The van der Waals surface area contributed by atoms with E-state index in [0.717, 1.165) is 16.8 Å². The molecule has 0 radical (unpaired) electrons. The minimum atomic E-state index is -0.451. The van der Waals surface area contributed by atoms with Gasteiger partial charge in [0, 0.05) is 23.7 Å². The number of nitro groups is 1. The van der Waals surface area contributed by atoms with E-state index >= 15 is 0 Å². The van der Waals surface area contributed by atoms with E-state index in [9.17, 15) is 19.7 Å². The van der Waals surface area contributed by atoms with Crippen LogP contribution < -0.4 is 10.6 Å². The molecule has 0 bridgehead atoms. The quantitative estimate of drug-likeness (QED) is 0.416. The average molecular weight is 468 g/mol. The predicted molar refractivity (Wildman–Crippen MR) is 129 cm³/mol. The first kappa shape index (κ1) is 22.8. The number of nitrogens with zero attached hydrogens (tertiary/aromatic N) is 3. The Bertz CT molecular complexity index is 1220. The topological polar surface area (TPSA) is 117 Å². The van der Waals surface area contributed by atoms with Crippen LogP contribution in [-0.4, -0.2) is 46.3 Å². The van der Waals surface area contributed by atoms with Crippen molar-refractivity contribution in [3.8, 4) is 0 Å². The van der Waals surface area contributed by atoms with Gasteiger partial charge in [0.2, 0.25) is 11.8 Å². The molecule has 10 heteroatoms. The van der Waals surface area contributed by atoms with E-state index in [1.807, 2.05) is 32.0 Å². The summed E-state index contributed by atoms with van der Waals surface area (Å²) in [5.41, 5.74) is 3.62. The zero-order valence-electron chi connectivity index (χ0n) is 18.5. The first-order valence-electron chi connectivity index (χ1n) is 10.7. The van der Waals surface area contributed by atoms with E-state index in [2.05, 4.69) is 20.5 Å². The Morgan fingerprint density at radius 1 is 1.15 bits per heavy atom. The highest BCUT2D eigenvalue weighted by molar-refractivity contribution is 7.22. The third-order valence-electron chi connectivity index (χ3n) is 5.79. The lowest BCUT2D eigenvalue weighted by Crippen LogP contribution is -2.41. The molecule has 0 spiro atoms. The van der Waals surface area contributed by atoms with Gasteiger partial charge in [0.05, 0.1) is 21.7 Å². The normalized spacial score (nSPS) is 14.8. The average Bonchev–Trinajstić information content (AvgIpc) is 3.17. The number of amides is 2. The fraction of sp³-hybridized carbons (Fsp3) is 0.348. The molecule has 0 atom stereocenters. The Balaban J connectivity index is 1.27. The third kappa shape index (κ3) is 5.52. The molecule has 3 aromatic rings. The molecule has 0 aliphatic carbocycles. The summed E-state index contributed by atoms with van der Waals surface area (Å²) in [7, 11) is 0. The van der Waals surface area contributed by atoms with Crippen molar-refractivity contribution in [3.63, 3.8) is 0 Å². The van der Waals surface area contributed by atoms with Crippen LogP contribution in [-0.2, 0) is 9.59 Å². The number of benzene rings is 2. The number of anilines is 2. The summed E-state index contributed by atoms with van der Waals surface area (Å²) in [4.78, 5) is 42.0. The monoisotopic (exact) mass is 467 g/mol. The van der Waals surface area contributed by atoms with Crippen molar-refractivity contribution in [3.05, 3.63) is 57.6 Å². The number of rotatable bonds is 6. The molecule has 2 amide bonds. The van der Waals surface area contributed by atoms with Crippen LogP contribution in [0.25, 0.3) is 10.2 Å². The van der Waals surface area contributed by atoms with Crippen LogP contribution in [0.3, 0.4) is 0 Å². The van der Waals surface area contributed by atoms with Crippen molar-refractivity contribution in [2.75, 3.05) is 30.3 Å². The van der Waals surface area contributed by atoms with Crippen molar-refractivity contribution in [2.45, 2.75) is 26.7 Å². The number of non-ortho nitro benzene ring substituents is 1. The summed E-state index contributed by atoms with van der Waals surface area (Å²) in [6, 6.07) is 10.4. The molecule has 0 unspecified atom stereocenters. The molecular formula is C23H25N5O4S. The van der Waals surface area contributed by atoms with E-state index in [4.69, 9.17) is 0 Å². The van der Waals surface area contributed by atoms with Crippen LogP contribution in [0.1, 0.15) is 24.0 Å². The van der Waals surface area contributed by atoms with Gasteiger partial charge in [-0.1, -0.05) is 29.0 Å². The van der Waals surface area contributed by atoms with Crippen LogP contribution in [0.15, 0.2) is 36.4 Å². The van der Waals surface area contributed by atoms with Crippen LogP contribution >= 0.6 is 11.3 Å². The number of nitro benzene ring substituents is 1. The molecule has 1 fully saturated rings. The van der Waals surface area contributed by atoms with Crippen LogP contribution in [0.2, 0.25) is 0 Å². The maximum Gasteiger partial charge on any atom is 0.270 e. The molecule has 172 valence electrons. The minimum absolute atomic E-state index is 0.00188. The summed E-state index contributed by atoms with van der Waals surface area (Å²) < 4.78 is 0.657. The largest absolute Gasteiger partial charge is 0.325 e. The van der Waals surface area contributed by atoms with Gasteiger partial charge in [-0.2, -0.15) is 0 Å². The molecule has 1 aliphatic heterocycles. The van der Waals surface area contributed by atoms with Gasteiger partial charge in [0.15, 0.2) is 5.13 Å². The fourth-order valence-electron chi connectivity index (χ4n) is 3.99. The summed E-state index contributed by atoms with van der Waals surface area (Å²) in [6.07, 6.45) is 1.30. The number of piperidine rings is 1. The standard InChI is InChI=1S/C23H25N5O4S/c1-14-3-5-18(15(2)11-14)24-21(29)13-27-9-7-16(8-10-27)22(30)26-23-25-19-6-4-17(28(31)32)12-20(19)33-23/h3-6,11-12,16H,7-10,13H2,1-2H3,(H,24,29)(H,25,26,30). The SMILES string of the molecule is Cc1ccc(NC(=O)CN2CCC(C(=O)Nc3nc4ccc([N+](=O)[O-])cc4s3)CC2)c(C)c1. The van der Waals surface area contributed by atoms with Crippen molar-refractivity contribution in [2.24, 2.45) is 5.92 Å². The summed E-state index contributed by atoms with van der Waals surface area (Å²) in [6.45, 7) is 5.59. The summed E-state index contributed by atoms with van der Waals surface area (Å²) >= 11 is 1.22. The number of likely N-dealkylation sites (tertiary alicyclic amines) is 1. The highest BCUT2D eigenvalue weighted by atomic mass is 32.1. The maximum atomic E-state index is 12.7. The Labute approximate surface area is 195 Å². The van der Waals surface area contributed by atoms with Crippen molar-refractivity contribution < 1.29 is 14.5 Å². The summed E-state index contributed by atoms with van der Waals surface area (Å²) in [5.74, 6) is -0.332. The number of carbonyl (C=O) groups is 2. The second kappa shape index (κ2) is 9.63. The van der Waals surface area contributed by atoms with Crippen LogP contribution in [0.5, 0.6) is 0 Å². The van der Waals surface area contributed by atoms with Gasteiger partial charge in [0.1, 0.15) is 0 Å². The number of hydrogen-bond donors (Lipinski definition) is 2. The highest BCUT2D eigenvalue weighted by Gasteiger charge is 2.26. The Morgan fingerprint density at radius 2 is 1.91 bits per heavy atom. The van der Waals surface area contributed by atoms with Crippen molar-refractivity contribution in [1.82, 2.24) is 9.88 Å². The Morgan fingerprint density at radius 3 is 2.61 bits per heavy atom. The van der Waals surface area contributed by atoms with Gasteiger partial charge in [-0.05, 0) is 57.5 Å². The van der Waals surface area contributed by atoms with Gasteiger partial charge in [0.25, 0.3) is 5.69 Å². The molecule has 2 N–H and O–H groups in total. The first-order chi connectivity index (χ1) is 15.8. The number of nitrogens with one attached hydrogen (secondary N) is 2. The third-order valence-corrected chi connectivity index (χ3v) is 6.73. The molecule has 4 rings (SSSR count). The molecule has 1 saturated heterocycles. The number of aromatic nitrogens is 1. The lowest BCUT2D eigenvalue weighted by Gasteiger charge is -2.30. The second-order valence-corrected chi connectivity index (χ2v) is 9.37. The number of hydrogen-bond acceptors (Lipinski definition) is 7. The minimum Gasteiger partial charge on any atom is -0.325 e. The number of carbonyl (C=O) groups excluding carboxylic acids is 2. The predicted octanol–water partition coefficient (Wildman–Crippen LogP) is 4.11. The zero-order valence-corrected chi connectivity index (χ0v) is 19.3. The summed E-state index contributed by atoms with van der Waals surface area (Å²) in [5, 5.41) is 17.2. The highest BCUT2D eigenvalue weighted by Crippen LogP contribution is 2.30. The van der Waals surface area contributed by atoms with Crippen molar-refractivity contribution >= 4 is 49.9 Å². The van der Waals surface area contributed by atoms with E-state index in [1.54, 1.807) is 6.07 Å². The van der Waals surface area contributed by atoms with Gasteiger partial charge >= 0.3 is 0 Å². The fourth-order valence-corrected chi connectivity index (χ4v) is 4.89. The number of fused-ring (bicyclic) bond motifs is 1. The second-order valence-electron chi connectivity index (χ2n) is 8.33. The number of aryl methyl sites for hydroxylation is 2. The molecule has 1 aliphatic rings. The van der Waals surface area contributed by atoms with E-state index in [0.29, 0.717) is 41.3 Å². The van der Waals surface area contributed by atoms with Gasteiger partial charge < -0.3 is 10.6 Å². The Hall–Kier alpha value is -3.37. The molecule has 0 saturated carbocycles. The molecule has 9 nitrogen and oxygen atoms in total. The maximum absolute atomic E-state index is 12.7. The Kier molecular flexibility index (Phi) is 6.66. The molecule has 2 heterocycles. The van der Waals surface area contributed by atoms with E-state index in [1.165, 1.54) is 23.5 Å². The molecule has 1 aromatic heterocycles. The lowest BCUT2D eigenvalue weighted by atomic mass is 9.96.